The maximum atomic E-state index is 11.3. The number of hydrogen-bond acceptors (Lipinski definition) is 4. The average Bonchev–Trinajstić information content (AvgIpc) is 2.74. The summed E-state index contributed by atoms with van der Waals surface area (Å²) in [5.74, 6) is 1.78. The molecular weight excluding hydrogens is 240 g/mol. The fourth-order valence-electron chi connectivity index (χ4n) is 2.00. The van der Waals surface area contributed by atoms with E-state index in [0.29, 0.717) is 17.8 Å². The van der Waals surface area contributed by atoms with E-state index in [0.717, 1.165) is 17.2 Å². The van der Waals surface area contributed by atoms with Crippen molar-refractivity contribution in [1.82, 2.24) is 0 Å². The van der Waals surface area contributed by atoms with Gasteiger partial charge in [0.2, 0.25) is 0 Å². The zero-order valence-electron chi connectivity index (χ0n) is 11.4. The molecule has 0 saturated carbocycles. The zero-order chi connectivity index (χ0) is 14.0. The van der Waals surface area contributed by atoms with Gasteiger partial charge in [0.25, 0.3) is 0 Å². The number of hydrogen-bond donors (Lipinski definition) is 1. The molecule has 1 aromatic heterocycles. The Kier molecular flexibility index (Phi) is 3.60. The number of carbonyl (C=O) groups excluding carboxylic acids is 1. The molecule has 0 bridgehead atoms. The van der Waals surface area contributed by atoms with Gasteiger partial charge in [-0.15, -0.1) is 0 Å². The third kappa shape index (κ3) is 2.96. The minimum Gasteiger partial charge on any atom is -0.464 e. The standard InChI is InChI=1S/C15H18N2O2/c1-10-4-6-13(19-10)9-17(3)12-5-7-14(11(2)18)15(16)8-12/h4-8H,9,16H2,1-3H3. The zero-order valence-corrected chi connectivity index (χ0v) is 11.4. The summed E-state index contributed by atoms with van der Waals surface area (Å²) in [4.78, 5) is 13.4. The van der Waals surface area contributed by atoms with E-state index in [4.69, 9.17) is 10.2 Å². The Hall–Kier alpha value is -2.23. The van der Waals surface area contributed by atoms with Crippen molar-refractivity contribution in [3.63, 3.8) is 0 Å². The Bertz CT molecular complexity index is 602. The number of anilines is 2. The minimum absolute atomic E-state index is 0.0200. The lowest BCUT2D eigenvalue weighted by atomic mass is 10.1. The summed E-state index contributed by atoms with van der Waals surface area (Å²) in [6.45, 7) is 4.09. The molecule has 100 valence electrons. The molecule has 4 nitrogen and oxygen atoms in total. The van der Waals surface area contributed by atoms with Crippen molar-refractivity contribution >= 4 is 17.2 Å². The molecule has 1 heterocycles. The topological polar surface area (TPSA) is 59.5 Å². The molecule has 2 aromatic rings. The molecule has 0 amide bonds. The summed E-state index contributed by atoms with van der Waals surface area (Å²) in [5, 5.41) is 0. The maximum absolute atomic E-state index is 11.3. The Balaban J connectivity index is 2.17. The highest BCUT2D eigenvalue weighted by Gasteiger charge is 2.09. The summed E-state index contributed by atoms with van der Waals surface area (Å²) in [5.41, 5.74) is 7.91. The van der Waals surface area contributed by atoms with Crippen molar-refractivity contribution < 1.29 is 9.21 Å². The molecule has 4 heteroatoms. The molecule has 0 aliphatic heterocycles. The van der Waals surface area contributed by atoms with Crippen LogP contribution in [-0.2, 0) is 6.54 Å². The average molecular weight is 258 g/mol. The monoisotopic (exact) mass is 258 g/mol. The molecule has 2 rings (SSSR count). The van der Waals surface area contributed by atoms with Gasteiger partial charge in [-0.05, 0) is 44.2 Å². The van der Waals surface area contributed by atoms with Gasteiger partial charge >= 0.3 is 0 Å². The van der Waals surface area contributed by atoms with E-state index >= 15 is 0 Å². The molecule has 2 N–H and O–H groups in total. The van der Waals surface area contributed by atoms with Gasteiger partial charge in [0.15, 0.2) is 5.78 Å². The highest BCUT2D eigenvalue weighted by Crippen LogP contribution is 2.22. The fraction of sp³-hybridized carbons (Fsp3) is 0.267. The molecule has 0 aliphatic rings. The Labute approximate surface area is 112 Å². The predicted octanol–water partition coefficient (Wildman–Crippen LogP) is 3.01. The first-order chi connectivity index (χ1) is 8.97. The smallest absolute Gasteiger partial charge is 0.161 e. The lowest BCUT2D eigenvalue weighted by Crippen LogP contribution is -2.16. The number of furan rings is 1. The largest absolute Gasteiger partial charge is 0.464 e. The molecule has 19 heavy (non-hydrogen) atoms. The second-order valence-electron chi connectivity index (χ2n) is 4.70. The second kappa shape index (κ2) is 5.18. The number of nitrogens with zero attached hydrogens (tertiary/aromatic N) is 1. The van der Waals surface area contributed by atoms with E-state index in [1.807, 2.05) is 43.1 Å². The third-order valence-electron chi connectivity index (χ3n) is 3.04. The number of nitrogen functional groups attached to an aromatic ring is 1. The lowest BCUT2D eigenvalue weighted by Gasteiger charge is -2.19. The van der Waals surface area contributed by atoms with Gasteiger partial charge in [-0.2, -0.15) is 0 Å². The fourth-order valence-corrected chi connectivity index (χ4v) is 2.00. The Morgan fingerprint density at radius 1 is 1.32 bits per heavy atom. The molecule has 0 fully saturated rings. The van der Waals surface area contributed by atoms with E-state index in [2.05, 4.69) is 0 Å². The van der Waals surface area contributed by atoms with Crippen LogP contribution in [0.5, 0.6) is 0 Å². The summed E-state index contributed by atoms with van der Waals surface area (Å²) >= 11 is 0. The molecular formula is C15H18N2O2. The number of aryl methyl sites for hydroxylation is 1. The van der Waals surface area contributed by atoms with Gasteiger partial charge in [0.1, 0.15) is 11.5 Å². The van der Waals surface area contributed by atoms with Gasteiger partial charge in [-0.3, -0.25) is 4.79 Å². The van der Waals surface area contributed by atoms with Crippen molar-refractivity contribution in [2.24, 2.45) is 0 Å². The molecule has 0 saturated heterocycles. The van der Waals surface area contributed by atoms with Crippen LogP contribution in [-0.4, -0.2) is 12.8 Å². The first-order valence-electron chi connectivity index (χ1n) is 6.14. The van der Waals surface area contributed by atoms with Gasteiger partial charge < -0.3 is 15.1 Å². The first kappa shape index (κ1) is 13.2. The van der Waals surface area contributed by atoms with Crippen LogP contribution < -0.4 is 10.6 Å². The van der Waals surface area contributed by atoms with Crippen LogP contribution in [0.4, 0.5) is 11.4 Å². The van der Waals surface area contributed by atoms with Crippen molar-refractivity contribution in [2.45, 2.75) is 20.4 Å². The normalized spacial score (nSPS) is 10.5. The maximum Gasteiger partial charge on any atom is 0.161 e. The van der Waals surface area contributed by atoms with Crippen LogP contribution >= 0.6 is 0 Å². The van der Waals surface area contributed by atoms with Gasteiger partial charge in [0.05, 0.1) is 6.54 Å². The van der Waals surface area contributed by atoms with E-state index < -0.39 is 0 Å². The van der Waals surface area contributed by atoms with Crippen molar-refractivity contribution in [1.29, 1.82) is 0 Å². The van der Waals surface area contributed by atoms with Crippen molar-refractivity contribution in [2.75, 3.05) is 17.7 Å². The van der Waals surface area contributed by atoms with Gasteiger partial charge in [-0.25, -0.2) is 0 Å². The van der Waals surface area contributed by atoms with Crippen LogP contribution in [0, 0.1) is 6.92 Å². The van der Waals surface area contributed by atoms with Crippen molar-refractivity contribution in [3.8, 4) is 0 Å². The van der Waals surface area contributed by atoms with Crippen molar-refractivity contribution in [3.05, 3.63) is 47.4 Å². The van der Waals surface area contributed by atoms with Crippen LogP contribution in [0.25, 0.3) is 0 Å². The summed E-state index contributed by atoms with van der Waals surface area (Å²) in [7, 11) is 1.96. The second-order valence-corrected chi connectivity index (χ2v) is 4.70. The number of Topliss-reactive ketones (excluding diaryl/α,β-unsaturated/α-hetero) is 1. The number of rotatable bonds is 4. The number of nitrogens with two attached hydrogens (primary N) is 1. The van der Waals surface area contributed by atoms with Crippen LogP contribution in [0.3, 0.4) is 0 Å². The molecule has 1 aromatic carbocycles. The molecule has 0 atom stereocenters. The van der Waals surface area contributed by atoms with E-state index in [9.17, 15) is 4.79 Å². The predicted molar refractivity (Wildman–Crippen MR) is 76.4 cm³/mol. The minimum atomic E-state index is -0.0200. The number of ketones is 1. The highest BCUT2D eigenvalue weighted by molar-refractivity contribution is 5.99. The first-order valence-corrected chi connectivity index (χ1v) is 6.14. The molecule has 0 radical (unpaired) electrons. The lowest BCUT2D eigenvalue weighted by molar-refractivity contribution is 0.101. The quantitative estimate of drug-likeness (QED) is 0.676. The third-order valence-corrected chi connectivity index (χ3v) is 3.04. The van der Waals surface area contributed by atoms with Crippen LogP contribution in [0.2, 0.25) is 0 Å². The van der Waals surface area contributed by atoms with Crippen LogP contribution in [0.1, 0.15) is 28.8 Å². The Morgan fingerprint density at radius 2 is 2.05 bits per heavy atom. The van der Waals surface area contributed by atoms with E-state index in [1.165, 1.54) is 6.92 Å². The molecule has 0 unspecified atom stereocenters. The van der Waals surface area contributed by atoms with Gasteiger partial charge in [0, 0.05) is 24.0 Å². The molecule has 0 aliphatic carbocycles. The van der Waals surface area contributed by atoms with Gasteiger partial charge in [-0.1, -0.05) is 0 Å². The highest BCUT2D eigenvalue weighted by atomic mass is 16.3. The Morgan fingerprint density at radius 3 is 2.58 bits per heavy atom. The summed E-state index contributed by atoms with van der Waals surface area (Å²) in [6.07, 6.45) is 0. The number of carbonyl (C=O) groups is 1. The van der Waals surface area contributed by atoms with E-state index in [-0.39, 0.29) is 5.78 Å². The molecule has 0 spiro atoms. The summed E-state index contributed by atoms with van der Waals surface area (Å²) < 4.78 is 5.54. The number of benzene rings is 1. The van der Waals surface area contributed by atoms with Crippen LogP contribution in [0.15, 0.2) is 34.7 Å². The summed E-state index contributed by atoms with van der Waals surface area (Å²) in [6, 6.07) is 9.36. The SMILES string of the molecule is CC(=O)c1ccc(N(C)Cc2ccc(C)o2)cc1N. The van der Waals surface area contributed by atoms with E-state index in [1.54, 1.807) is 6.07 Å².